The van der Waals surface area contributed by atoms with Crippen LogP contribution in [-0.2, 0) is 23.4 Å². The fourth-order valence-electron chi connectivity index (χ4n) is 3.22. The van der Waals surface area contributed by atoms with E-state index in [9.17, 15) is 4.79 Å². The fourth-order valence-corrected chi connectivity index (χ4v) is 4.47. The third-order valence-corrected chi connectivity index (χ3v) is 10.3. The molecule has 7 nitrogen and oxygen atoms in total. The van der Waals surface area contributed by atoms with E-state index in [0.29, 0.717) is 19.1 Å². The van der Waals surface area contributed by atoms with Crippen LogP contribution in [0.15, 0.2) is 40.3 Å². The zero-order chi connectivity index (χ0) is 24.0. The highest BCUT2D eigenvalue weighted by Gasteiger charge is 2.59. The van der Waals surface area contributed by atoms with Crippen LogP contribution >= 0.6 is 0 Å². The fraction of sp³-hybridized carbons (Fsp3) is 0.625. The van der Waals surface area contributed by atoms with Crippen LogP contribution < -0.4 is 0 Å². The lowest BCUT2D eigenvalue weighted by Crippen LogP contribution is -2.58. The van der Waals surface area contributed by atoms with Crippen molar-refractivity contribution in [1.29, 1.82) is 0 Å². The van der Waals surface area contributed by atoms with Crippen LogP contribution in [0.5, 0.6) is 0 Å². The van der Waals surface area contributed by atoms with E-state index in [4.69, 9.17) is 23.6 Å². The second kappa shape index (κ2) is 10.6. The molecule has 0 fully saturated rings. The van der Waals surface area contributed by atoms with Gasteiger partial charge in [-0.25, -0.2) is 14.8 Å². The van der Waals surface area contributed by atoms with E-state index >= 15 is 0 Å². The Balaban J connectivity index is 2.81. The van der Waals surface area contributed by atoms with Gasteiger partial charge in [0.25, 0.3) is 5.54 Å². The molecule has 8 heteroatoms. The van der Waals surface area contributed by atoms with E-state index in [1.807, 2.05) is 44.2 Å². The van der Waals surface area contributed by atoms with Crippen molar-refractivity contribution in [3.8, 4) is 0 Å². The molecule has 1 aromatic carbocycles. The zero-order valence-electron chi connectivity index (χ0n) is 20.7. The number of carbonyl (C=O) groups is 1. The van der Waals surface area contributed by atoms with E-state index in [2.05, 4.69) is 38.9 Å². The lowest BCUT2D eigenvalue weighted by atomic mass is 9.86. The Morgan fingerprint density at radius 1 is 1.06 bits per heavy atom. The van der Waals surface area contributed by atoms with Gasteiger partial charge in [0.2, 0.25) is 11.8 Å². The SMILES string of the molecule is CCOC(=O)[C@]1([C@H](O[Si](C)(C)C(C)(C)C)c2ccccc2)N=C(OCC)CN=C1OCC. The minimum absolute atomic E-state index is 0.0973. The Labute approximate surface area is 193 Å². The van der Waals surface area contributed by atoms with Crippen LogP contribution in [0.2, 0.25) is 18.1 Å². The first kappa shape index (κ1) is 26.1. The van der Waals surface area contributed by atoms with Gasteiger partial charge in [0.05, 0.1) is 19.8 Å². The van der Waals surface area contributed by atoms with E-state index in [1.54, 1.807) is 6.92 Å². The summed E-state index contributed by atoms with van der Waals surface area (Å²) < 4.78 is 24.1. The van der Waals surface area contributed by atoms with Crippen molar-refractivity contribution >= 4 is 26.1 Å². The number of nitrogens with zero attached hydrogens (tertiary/aromatic N) is 2. The molecule has 0 amide bonds. The molecule has 0 saturated heterocycles. The van der Waals surface area contributed by atoms with Crippen molar-refractivity contribution in [2.45, 2.75) is 71.3 Å². The Hall–Kier alpha value is -2.19. The van der Waals surface area contributed by atoms with Crippen LogP contribution in [0.1, 0.15) is 53.2 Å². The second-order valence-corrected chi connectivity index (χ2v) is 13.9. The first-order chi connectivity index (χ1) is 15.0. The number of ether oxygens (including phenoxy) is 3. The van der Waals surface area contributed by atoms with Crippen molar-refractivity contribution in [1.82, 2.24) is 0 Å². The third kappa shape index (κ3) is 5.40. The van der Waals surface area contributed by atoms with Gasteiger partial charge in [-0.3, -0.25) is 0 Å². The molecule has 0 unspecified atom stereocenters. The maximum Gasteiger partial charge on any atom is 0.347 e. The molecule has 0 aromatic heterocycles. The van der Waals surface area contributed by atoms with Crippen molar-refractivity contribution in [2.24, 2.45) is 9.98 Å². The van der Waals surface area contributed by atoms with E-state index in [-0.39, 0.29) is 24.1 Å². The van der Waals surface area contributed by atoms with Gasteiger partial charge in [-0.15, -0.1) is 0 Å². The topological polar surface area (TPSA) is 78.7 Å². The quantitative estimate of drug-likeness (QED) is 0.404. The summed E-state index contributed by atoms with van der Waals surface area (Å²) in [4.78, 5) is 23.1. The van der Waals surface area contributed by atoms with Gasteiger partial charge in [-0.1, -0.05) is 51.1 Å². The number of rotatable bonds is 8. The van der Waals surface area contributed by atoms with Gasteiger partial charge < -0.3 is 18.6 Å². The summed E-state index contributed by atoms with van der Waals surface area (Å²) in [6.07, 6.45) is -0.787. The highest BCUT2D eigenvalue weighted by molar-refractivity contribution is 6.74. The summed E-state index contributed by atoms with van der Waals surface area (Å²) in [5.74, 6) is 0.00917. The van der Waals surface area contributed by atoms with Gasteiger partial charge in [0.15, 0.2) is 8.32 Å². The van der Waals surface area contributed by atoms with Crippen molar-refractivity contribution in [2.75, 3.05) is 26.4 Å². The molecule has 2 rings (SSSR count). The summed E-state index contributed by atoms with van der Waals surface area (Å²) >= 11 is 0. The largest absolute Gasteiger partial charge is 0.480 e. The lowest BCUT2D eigenvalue weighted by Gasteiger charge is -2.44. The van der Waals surface area contributed by atoms with Crippen molar-refractivity contribution < 1.29 is 23.4 Å². The molecule has 0 radical (unpaired) electrons. The number of hydrogen-bond acceptors (Lipinski definition) is 7. The van der Waals surface area contributed by atoms with E-state index in [1.165, 1.54) is 0 Å². The molecule has 0 bridgehead atoms. The molecule has 1 aromatic rings. The summed E-state index contributed by atoms with van der Waals surface area (Å²) in [7, 11) is -2.37. The van der Waals surface area contributed by atoms with Gasteiger partial charge in [0, 0.05) is 0 Å². The highest BCUT2D eigenvalue weighted by atomic mass is 28.4. The maximum atomic E-state index is 13.7. The van der Waals surface area contributed by atoms with Crippen LogP contribution in [0.25, 0.3) is 0 Å². The molecule has 1 aliphatic rings. The van der Waals surface area contributed by atoms with Crippen molar-refractivity contribution in [3.63, 3.8) is 0 Å². The normalized spacial score (nSPS) is 20.1. The maximum absolute atomic E-state index is 13.7. The molecule has 0 N–H and O–H groups in total. The summed E-state index contributed by atoms with van der Waals surface area (Å²) in [6, 6.07) is 9.64. The first-order valence-corrected chi connectivity index (χ1v) is 14.2. The van der Waals surface area contributed by atoms with Gasteiger partial charge in [-0.05, 0) is 44.5 Å². The minimum atomic E-state index is -2.37. The summed E-state index contributed by atoms with van der Waals surface area (Å²) in [6.45, 7) is 17.4. The molecule has 178 valence electrons. The predicted molar refractivity (Wildman–Crippen MR) is 130 cm³/mol. The smallest absolute Gasteiger partial charge is 0.347 e. The number of benzene rings is 1. The Morgan fingerprint density at radius 3 is 2.22 bits per heavy atom. The Kier molecular flexibility index (Phi) is 8.65. The standard InChI is InChI=1S/C24H38N2O5Si/c1-9-28-19-17-25-21(29-10-2)24(26-19,22(27)30-11-3)20(18-15-13-12-14-16-18)31-32(7,8)23(4,5)6/h12-16,20H,9-11,17H2,1-8H3/t20-,24-/m1/s1. The number of aliphatic imine (C=N–C) groups is 2. The Bertz CT molecular complexity index is 833. The molecule has 32 heavy (non-hydrogen) atoms. The van der Waals surface area contributed by atoms with E-state index < -0.39 is 25.9 Å². The van der Waals surface area contributed by atoms with Gasteiger partial charge >= 0.3 is 5.97 Å². The second-order valence-electron chi connectivity index (χ2n) is 9.15. The van der Waals surface area contributed by atoms with E-state index in [0.717, 1.165) is 5.56 Å². The van der Waals surface area contributed by atoms with Crippen LogP contribution in [0.4, 0.5) is 0 Å². The van der Waals surface area contributed by atoms with Crippen molar-refractivity contribution in [3.05, 3.63) is 35.9 Å². The summed E-state index contributed by atoms with van der Waals surface area (Å²) in [5, 5.41) is -0.0973. The molecule has 1 heterocycles. The van der Waals surface area contributed by atoms with Crippen LogP contribution in [0.3, 0.4) is 0 Å². The minimum Gasteiger partial charge on any atom is -0.480 e. The number of hydrogen-bond donors (Lipinski definition) is 0. The number of esters is 1. The van der Waals surface area contributed by atoms with Gasteiger partial charge in [0.1, 0.15) is 12.6 Å². The Morgan fingerprint density at radius 2 is 1.69 bits per heavy atom. The first-order valence-electron chi connectivity index (χ1n) is 11.3. The molecule has 0 aliphatic carbocycles. The lowest BCUT2D eigenvalue weighted by molar-refractivity contribution is -0.151. The molecule has 1 aliphatic heterocycles. The summed E-state index contributed by atoms with van der Waals surface area (Å²) in [5.41, 5.74) is -0.828. The van der Waals surface area contributed by atoms with Gasteiger partial charge in [-0.2, -0.15) is 0 Å². The third-order valence-electron chi connectivity index (χ3n) is 5.86. The molecule has 0 spiro atoms. The molecule has 2 atom stereocenters. The predicted octanol–water partition coefficient (Wildman–Crippen LogP) is 4.94. The highest BCUT2D eigenvalue weighted by Crippen LogP contribution is 2.45. The van der Waals surface area contributed by atoms with Crippen LogP contribution in [0, 0.1) is 0 Å². The average Bonchev–Trinajstić information content (AvgIpc) is 2.73. The monoisotopic (exact) mass is 462 g/mol. The average molecular weight is 463 g/mol. The molecular formula is C24H38N2O5Si. The zero-order valence-corrected chi connectivity index (χ0v) is 21.7. The van der Waals surface area contributed by atoms with Crippen LogP contribution in [-0.4, -0.2) is 58.0 Å². The molecule has 0 saturated carbocycles. The molecular weight excluding hydrogens is 424 g/mol. The number of carbonyl (C=O) groups excluding carboxylic acids is 1.